The van der Waals surface area contributed by atoms with E-state index < -0.39 is 0 Å². The second-order valence-electron chi connectivity index (χ2n) is 7.44. The lowest BCUT2D eigenvalue weighted by Gasteiger charge is -2.47. The molecule has 0 amide bonds. The Labute approximate surface area is 120 Å². The van der Waals surface area contributed by atoms with E-state index in [0.29, 0.717) is 5.41 Å². The summed E-state index contributed by atoms with van der Waals surface area (Å²) < 4.78 is 0. The van der Waals surface area contributed by atoms with Crippen LogP contribution in [0, 0.1) is 11.3 Å². The molecule has 0 spiro atoms. The van der Waals surface area contributed by atoms with E-state index >= 15 is 0 Å². The zero-order chi connectivity index (χ0) is 13.7. The first-order valence-corrected chi connectivity index (χ1v) is 8.58. The maximum atomic E-state index is 3.50. The average molecular weight is 266 g/mol. The number of hydrogen-bond acceptors (Lipinski definition) is 2. The third kappa shape index (κ3) is 4.19. The molecule has 0 aromatic carbocycles. The van der Waals surface area contributed by atoms with Gasteiger partial charge >= 0.3 is 0 Å². The summed E-state index contributed by atoms with van der Waals surface area (Å²) in [6, 6.07) is 0.830. The Morgan fingerprint density at radius 3 is 2.47 bits per heavy atom. The zero-order valence-electron chi connectivity index (χ0n) is 13.4. The molecular formula is C17H34N2. The van der Waals surface area contributed by atoms with E-state index in [1.54, 1.807) is 0 Å². The first-order valence-electron chi connectivity index (χ1n) is 8.58. The predicted molar refractivity (Wildman–Crippen MR) is 83.5 cm³/mol. The summed E-state index contributed by atoms with van der Waals surface area (Å²) in [6.45, 7) is 12.5. The minimum atomic E-state index is 0.528. The molecular weight excluding hydrogens is 232 g/mol. The highest BCUT2D eigenvalue weighted by Gasteiger charge is 2.36. The molecule has 1 heterocycles. The molecule has 1 saturated heterocycles. The molecule has 1 N–H and O–H groups in total. The predicted octanol–water partition coefficient (Wildman–Crippen LogP) is 3.67. The smallest absolute Gasteiger partial charge is 0.0146 e. The van der Waals surface area contributed by atoms with Crippen LogP contribution >= 0.6 is 0 Å². The Kier molecular flexibility index (Phi) is 5.70. The fraction of sp³-hybridized carbons (Fsp3) is 1.00. The standard InChI is InChI=1S/C17H34N2/c1-4-13-19(14-15-8-11-18-12-9-15)16-7-5-6-10-17(16,2)3/h15-16,18H,4-14H2,1-3H3. The van der Waals surface area contributed by atoms with E-state index in [9.17, 15) is 0 Å². The van der Waals surface area contributed by atoms with Crippen LogP contribution in [0.2, 0.25) is 0 Å². The second-order valence-corrected chi connectivity index (χ2v) is 7.44. The van der Waals surface area contributed by atoms with E-state index in [1.807, 2.05) is 0 Å². The Bertz CT molecular complexity index is 256. The van der Waals surface area contributed by atoms with Crippen molar-refractivity contribution in [3.05, 3.63) is 0 Å². The van der Waals surface area contributed by atoms with Crippen LogP contribution in [0.1, 0.15) is 65.7 Å². The molecule has 1 aliphatic carbocycles. The van der Waals surface area contributed by atoms with Gasteiger partial charge in [-0.15, -0.1) is 0 Å². The topological polar surface area (TPSA) is 15.3 Å². The average Bonchev–Trinajstić information content (AvgIpc) is 2.39. The summed E-state index contributed by atoms with van der Waals surface area (Å²) >= 11 is 0. The minimum Gasteiger partial charge on any atom is -0.317 e. The van der Waals surface area contributed by atoms with Gasteiger partial charge in [-0.1, -0.05) is 33.6 Å². The van der Waals surface area contributed by atoms with Crippen LogP contribution in [0.5, 0.6) is 0 Å². The van der Waals surface area contributed by atoms with Crippen LogP contribution in [0.15, 0.2) is 0 Å². The number of nitrogens with one attached hydrogen (secondary N) is 1. The van der Waals surface area contributed by atoms with Crippen LogP contribution in [0.4, 0.5) is 0 Å². The molecule has 0 radical (unpaired) electrons. The fourth-order valence-electron chi connectivity index (χ4n) is 4.21. The van der Waals surface area contributed by atoms with Gasteiger partial charge in [0.05, 0.1) is 0 Å². The van der Waals surface area contributed by atoms with E-state index in [4.69, 9.17) is 0 Å². The van der Waals surface area contributed by atoms with E-state index in [2.05, 4.69) is 31.0 Å². The Balaban J connectivity index is 1.96. The van der Waals surface area contributed by atoms with Gasteiger partial charge in [-0.05, 0) is 63.1 Å². The van der Waals surface area contributed by atoms with Gasteiger partial charge in [0.1, 0.15) is 0 Å². The molecule has 112 valence electrons. The quantitative estimate of drug-likeness (QED) is 0.817. The molecule has 0 bridgehead atoms. The molecule has 2 heteroatoms. The first-order chi connectivity index (χ1) is 9.13. The van der Waals surface area contributed by atoms with Crippen molar-refractivity contribution in [2.75, 3.05) is 26.2 Å². The van der Waals surface area contributed by atoms with Crippen molar-refractivity contribution < 1.29 is 0 Å². The highest BCUT2D eigenvalue weighted by Crippen LogP contribution is 2.39. The Hall–Kier alpha value is -0.0800. The first kappa shape index (κ1) is 15.3. The van der Waals surface area contributed by atoms with Crippen molar-refractivity contribution in [1.82, 2.24) is 10.2 Å². The zero-order valence-corrected chi connectivity index (χ0v) is 13.4. The molecule has 1 saturated carbocycles. The van der Waals surface area contributed by atoms with Crippen LogP contribution in [-0.4, -0.2) is 37.1 Å². The third-order valence-electron chi connectivity index (χ3n) is 5.35. The number of rotatable bonds is 5. The molecule has 19 heavy (non-hydrogen) atoms. The SMILES string of the molecule is CCCN(CC1CCNCC1)C1CCCCC1(C)C. The van der Waals surface area contributed by atoms with Gasteiger partial charge < -0.3 is 5.32 Å². The summed E-state index contributed by atoms with van der Waals surface area (Å²) in [5.74, 6) is 0.936. The molecule has 2 nitrogen and oxygen atoms in total. The van der Waals surface area contributed by atoms with E-state index in [0.717, 1.165) is 12.0 Å². The van der Waals surface area contributed by atoms with Gasteiger partial charge in [0.25, 0.3) is 0 Å². The summed E-state index contributed by atoms with van der Waals surface area (Å²) in [4.78, 5) is 2.86. The highest BCUT2D eigenvalue weighted by molar-refractivity contribution is 4.90. The summed E-state index contributed by atoms with van der Waals surface area (Å²) in [5.41, 5.74) is 0.528. The molecule has 1 aliphatic heterocycles. The van der Waals surface area contributed by atoms with Crippen molar-refractivity contribution in [2.24, 2.45) is 11.3 Å². The van der Waals surface area contributed by atoms with Gasteiger partial charge in [0, 0.05) is 12.6 Å². The lowest BCUT2D eigenvalue weighted by Crippen LogP contribution is -2.50. The molecule has 2 aliphatic rings. The summed E-state index contributed by atoms with van der Waals surface area (Å²) in [6.07, 6.45) is 9.80. The molecule has 2 rings (SSSR count). The minimum absolute atomic E-state index is 0.528. The fourth-order valence-corrected chi connectivity index (χ4v) is 4.21. The van der Waals surface area contributed by atoms with Gasteiger partial charge in [0.2, 0.25) is 0 Å². The van der Waals surface area contributed by atoms with Crippen LogP contribution in [0.25, 0.3) is 0 Å². The maximum absolute atomic E-state index is 3.50. The molecule has 0 aromatic heterocycles. The number of hydrogen-bond donors (Lipinski definition) is 1. The van der Waals surface area contributed by atoms with Crippen molar-refractivity contribution in [3.63, 3.8) is 0 Å². The maximum Gasteiger partial charge on any atom is 0.0146 e. The second kappa shape index (κ2) is 7.08. The largest absolute Gasteiger partial charge is 0.317 e. The molecule has 1 atom stereocenters. The number of nitrogens with zero attached hydrogens (tertiary/aromatic N) is 1. The van der Waals surface area contributed by atoms with E-state index in [-0.39, 0.29) is 0 Å². The van der Waals surface area contributed by atoms with Gasteiger partial charge in [0.15, 0.2) is 0 Å². The summed E-state index contributed by atoms with van der Waals surface area (Å²) in [5, 5.41) is 3.50. The number of piperidine rings is 1. The van der Waals surface area contributed by atoms with E-state index in [1.165, 1.54) is 71.1 Å². The monoisotopic (exact) mass is 266 g/mol. The molecule has 1 unspecified atom stereocenters. The van der Waals surface area contributed by atoms with Crippen LogP contribution in [-0.2, 0) is 0 Å². The lowest BCUT2D eigenvalue weighted by atomic mass is 9.72. The van der Waals surface area contributed by atoms with Crippen LogP contribution in [0.3, 0.4) is 0 Å². The molecule has 0 aromatic rings. The van der Waals surface area contributed by atoms with Crippen molar-refractivity contribution in [3.8, 4) is 0 Å². The Morgan fingerprint density at radius 2 is 1.84 bits per heavy atom. The normalized spacial score (nSPS) is 28.7. The van der Waals surface area contributed by atoms with Gasteiger partial charge in [-0.2, -0.15) is 0 Å². The van der Waals surface area contributed by atoms with Gasteiger partial charge in [-0.3, -0.25) is 4.90 Å². The van der Waals surface area contributed by atoms with Gasteiger partial charge in [-0.25, -0.2) is 0 Å². The van der Waals surface area contributed by atoms with Crippen molar-refractivity contribution >= 4 is 0 Å². The van der Waals surface area contributed by atoms with Crippen molar-refractivity contribution in [2.45, 2.75) is 71.8 Å². The summed E-state index contributed by atoms with van der Waals surface area (Å²) in [7, 11) is 0. The van der Waals surface area contributed by atoms with Crippen LogP contribution < -0.4 is 5.32 Å². The lowest BCUT2D eigenvalue weighted by molar-refractivity contribution is 0.0342. The van der Waals surface area contributed by atoms with Crippen molar-refractivity contribution in [1.29, 1.82) is 0 Å². The third-order valence-corrected chi connectivity index (χ3v) is 5.35. The molecule has 2 fully saturated rings. The Morgan fingerprint density at radius 1 is 1.11 bits per heavy atom. The highest BCUT2D eigenvalue weighted by atomic mass is 15.2.